The van der Waals surface area contributed by atoms with Crippen LogP contribution < -0.4 is 0 Å². The number of hydrogen-bond acceptors (Lipinski definition) is 2. The van der Waals surface area contributed by atoms with Crippen molar-refractivity contribution in [3.8, 4) is 0 Å². The maximum Gasteiger partial charge on any atom is 0.253 e. The van der Waals surface area contributed by atoms with Gasteiger partial charge in [0, 0.05) is 42.7 Å². The summed E-state index contributed by atoms with van der Waals surface area (Å²) in [7, 11) is 0. The number of nitrogens with zero attached hydrogens (tertiary/aromatic N) is 2. The van der Waals surface area contributed by atoms with Crippen molar-refractivity contribution in [2.75, 3.05) is 26.2 Å². The molecule has 2 aromatic rings. The van der Waals surface area contributed by atoms with Crippen molar-refractivity contribution < 1.29 is 9.59 Å². The molecule has 2 amide bonds. The largest absolute Gasteiger partial charge is 0.342 e. The zero-order valence-electron chi connectivity index (χ0n) is 15.2. The van der Waals surface area contributed by atoms with Crippen LogP contribution in [0.4, 0.5) is 0 Å². The van der Waals surface area contributed by atoms with Crippen LogP contribution in [-0.2, 0) is 4.79 Å². The van der Waals surface area contributed by atoms with Gasteiger partial charge >= 0.3 is 0 Å². The van der Waals surface area contributed by atoms with Crippen molar-refractivity contribution in [1.29, 1.82) is 0 Å². The van der Waals surface area contributed by atoms with Crippen LogP contribution in [0.5, 0.6) is 0 Å². The van der Waals surface area contributed by atoms with Crippen molar-refractivity contribution in [3.63, 3.8) is 0 Å². The average Bonchev–Trinajstić information content (AvgIpc) is 3.38. The van der Waals surface area contributed by atoms with Gasteiger partial charge in [0.1, 0.15) is 0 Å². The predicted octanol–water partition coefficient (Wildman–Crippen LogP) is 3.82. The number of carbonyl (C=O) groups is 2. The van der Waals surface area contributed by atoms with Crippen LogP contribution in [-0.4, -0.2) is 47.8 Å². The summed E-state index contributed by atoms with van der Waals surface area (Å²) in [6, 6.07) is 17.0. The van der Waals surface area contributed by atoms with Crippen LogP contribution in [0.15, 0.2) is 54.6 Å². The molecule has 0 saturated carbocycles. The maximum atomic E-state index is 13.2. The van der Waals surface area contributed by atoms with Gasteiger partial charge in [-0.15, -0.1) is 0 Å². The number of likely N-dealkylation sites (tertiary alicyclic amines) is 2. The Morgan fingerprint density at radius 1 is 0.852 bits per heavy atom. The number of benzene rings is 2. The van der Waals surface area contributed by atoms with Gasteiger partial charge in [-0.3, -0.25) is 9.59 Å². The second-order valence-electron chi connectivity index (χ2n) is 7.37. The summed E-state index contributed by atoms with van der Waals surface area (Å²) in [5.74, 6) is 0.00868. The lowest BCUT2D eigenvalue weighted by Crippen LogP contribution is -2.37. The van der Waals surface area contributed by atoms with Gasteiger partial charge < -0.3 is 9.80 Å². The normalized spacial score (nSPS) is 22.3. The number of carbonyl (C=O) groups excluding carboxylic acids is 2. The highest BCUT2D eigenvalue weighted by atomic mass is 35.5. The third-order valence-corrected chi connectivity index (χ3v) is 5.91. The van der Waals surface area contributed by atoms with E-state index >= 15 is 0 Å². The van der Waals surface area contributed by atoms with Gasteiger partial charge in [0.05, 0.1) is 5.92 Å². The molecule has 0 unspecified atom stereocenters. The lowest BCUT2D eigenvalue weighted by molar-refractivity contribution is -0.134. The fourth-order valence-electron chi connectivity index (χ4n) is 4.20. The molecular formula is C22H23ClN2O2. The highest BCUT2D eigenvalue weighted by Crippen LogP contribution is 2.35. The molecule has 2 aromatic carbocycles. The van der Waals surface area contributed by atoms with Crippen molar-refractivity contribution >= 4 is 23.4 Å². The third kappa shape index (κ3) is 3.72. The Bertz CT molecular complexity index is 816. The van der Waals surface area contributed by atoms with Gasteiger partial charge in [0.2, 0.25) is 5.91 Å². The Hall–Kier alpha value is -2.33. The van der Waals surface area contributed by atoms with Crippen molar-refractivity contribution in [1.82, 2.24) is 9.80 Å². The number of hydrogen-bond donors (Lipinski definition) is 0. The summed E-state index contributed by atoms with van der Waals surface area (Å²) in [5.41, 5.74) is 1.74. The Kier molecular flexibility index (Phi) is 5.17. The molecule has 27 heavy (non-hydrogen) atoms. The van der Waals surface area contributed by atoms with E-state index in [4.69, 9.17) is 11.6 Å². The molecule has 0 N–H and O–H groups in total. The number of amides is 2. The highest BCUT2D eigenvalue weighted by Gasteiger charge is 2.42. The molecule has 2 saturated heterocycles. The molecule has 0 radical (unpaired) electrons. The fourth-order valence-corrected chi connectivity index (χ4v) is 4.33. The predicted molar refractivity (Wildman–Crippen MR) is 106 cm³/mol. The topological polar surface area (TPSA) is 40.6 Å². The average molecular weight is 383 g/mol. The van der Waals surface area contributed by atoms with E-state index in [0.29, 0.717) is 23.7 Å². The Morgan fingerprint density at radius 3 is 2.19 bits per heavy atom. The molecule has 0 bridgehead atoms. The molecule has 0 spiro atoms. The minimum absolute atomic E-state index is 0.0375. The SMILES string of the molecule is O=C(c1ccc(Cl)cc1)N1C[C@H](C(=O)N2CCCC2)[C@@H](c2ccccc2)C1. The minimum atomic E-state index is -0.179. The second-order valence-corrected chi connectivity index (χ2v) is 7.81. The Labute approximate surface area is 164 Å². The van der Waals surface area contributed by atoms with E-state index in [1.165, 1.54) is 0 Å². The molecule has 5 heteroatoms. The first-order chi connectivity index (χ1) is 13.1. The minimum Gasteiger partial charge on any atom is -0.342 e. The van der Waals surface area contributed by atoms with Crippen LogP contribution in [0.25, 0.3) is 0 Å². The lowest BCUT2D eigenvalue weighted by Gasteiger charge is -2.23. The summed E-state index contributed by atoms with van der Waals surface area (Å²) in [6.45, 7) is 2.70. The van der Waals surface area contributed by atoms with Gasteiger partial charge in [-0.05, 0) is 42.7 Å². The quantitative estimate of drug-likeness (QED) is 0.809. The van der Waals surface area contributed by atoms with Gasteiger partial charge in [-0.2, -0.15) is 0 Å². The summed E-state index contributed by atoms with van der Waals surface area (Å²) in [4.78, 5) is 29.9. The first-order valence-electron chi connectivity index (χ1n) is 9.52. The van der Waals surface area contributed by atoms with Crippen molar-refractivity contribution in [2.24, 2.45) is 5.92 Å². The van der Waals surface area contributed by atoms with Crippen LogP contribution in [0.1, 0.15) is 34.7 Å². The molecule has 2 atom stereocenters. The summed E-state index contributed by atoms with van der Waals surface area (Å²) >= 11 is 5.94. The second kappa shape index (κ2) is 7.73. The monoisotopic (exact) mass is 382 g/mol. The standard InChI is InChI=1S/C22H23ClN2O2/c23-18-10-8-17(9-11-18)21(26)25-14-19(16-6-2-1-3-7-16)20(15-25)22(27)24-12-4-5-13-24/h1-3,6-11,19-20H,4-5,12-15H2/t19-,20+/m1/s1. The van der Waals surface area contributed by atoms with Crippen LogP contribution in [0.2, 0.25) is 5.02 Å². The maximum absolute atomic E-state index is 13.2. The fraction of sp³-hybridized carbons (Fsp3) is 0.364. The van der Waals surface area contributed by atoms with E-state index in [9.17, 15) is 9.59 Å². The molecule has 0 aromatic heterocycles. The van der Waals surface area contributed by atoms with Crippen LogP contribution in [0, 0.1) is 5.92 Å². The molecule has 0 aliphatic carbocycles. The van der Waals surface area contributed by atoms with Crippen molar-refractivity contribution in [2.45, 2.75) is 18.8 Å². The number of halogens is 1. The first kappa shape index (κ1) is 18.1. The van der Waals surface area contributed by atoms with E-state index in [-0.39, 0.29) is 23.7 Å². The molecule has 4 rings (SSSR count). The Balaban J connectivity index is 1.59. The zero-order chi connectivity index (χ0) is 18.8. The molecular weight excluding hydrogens is 360 g/mol. The van der Waals surface area contributed by atoms with Gasteiger partial charge in [0.25, 0.3) is 5.91 Å². The molecule has 140 valence electrons. The highest BCUT2D eigenvalue weighted by molar-refractivity contribution is 6.30. The smallest absolute Gasteiger partial charge is 0.253 e. The van der Waals surface area contributed by atoms with Crippen molar-refractivity contribution in [3.05, 3.63) is 70.7 Å². The van der Waals surface area contributed by atoms with Gasteiger partial charge in [-0.25, -0.2) is 0 Å². The van der Waals surface area contributed by atoms with Gasteiger partial charge in [0.15, 0.2) is 0 Å². The molecule has 4 nitrogen and oxygen atoms in total. The summed E-state index contributed by atoms with van der Waals surface area (Å²) < 4.78 is 0. The van der Waals surface area contributed by atoms with E-state index in [1.54, 1.807) is 24.3 Å². The van der Waals surface area contributed by atoms with Crippen LogP contribution >= 0.6 is 11.6 Å². The van der Waals surface area contributed by atoms with E-state index in [2.05, 4.69) is 12.1 Å². The molecule has 2 heterocycles. The summed E-state index contributed by atoms with van der Waals surface area (Å²) in [6.07, 6.45) is 2.14. The first-order valence-corrected chi connectivity index (χ1v) is 9.90. The Morgan fingerprint density at radius 2 is 1.52 bits per heavy atom. The van der Waals surface area contributed by atoms with E-state index in [0.717, 1.165) is 31.5 Å². The lowest BCUT2D eigenvalue weighted by atomic mass is 9.88. The molecule has 2 aliphatic heterocycles. The van der Waals surface area contributed by atoms with Gasteiger partial charge in [-0.1, -0.05) is 41.9 Å². The molecule has 2 fully saturated rings. The van der Waals surface area contributed by atoms with E-state index in [1.807, 2.05) is 28.0 Å². The number of rotatable bonds is 3. The zero-order valence-corrected chi connectivity index (χ0v) is 15.9. The van der Waals surface area contributed by atoms with E-state index < -0.39 is 0 Å². The molecule has 2 aliphatic rings. The third-order valence-electron chi connectivity index (χ3n) is 5.66. The van der Waals surface area contributed by atoms with Crippen LogP contribution in [0.3, 0.4) is 0 Å². The summed E-state index contributed by atoms with van der Waals surface area (Å²) in [5, 5.41) is 0.609.